The highest BCUT2D eigenvalue weighted by Crippen LogP contribution is 2.25. The van der Waals surface area contributed by atoms with E-state index in [1.807, 2.05) is 0 Å². The van der Waals surface area contributed by atoms with Crippen molar-refractivity contribution in [3.05, 3.63) is 27.9 Å². The lowest BCUT2D eigenvalue weighted by atomic mass is 10.3. The molecule has 3 heterocycles. The zero-order chi connectivity index (χ0) is 14.8. The molecule has 8 nitrogen and oxygen atoms in total. The van der Waals surface area contributed by atoms with Crippen LogP contribution in [0.1, 0.15) is 24.9 Å². The molecule has 10 heteroatoms. The molecule has 0 aliphatic rings. The predicted octanol–water partition coefficient (Wildman–Crippen LogP) is 1.10. The second kappa shape index (κ2) is 5.82. The van der Waals surface area contributed by atoms with Crippen LogP contribution in [0.2, 0.25) is 0 Å². The van der Waals surface area contributed by atoms with Gasteiger partial charge in [-0.15, -0.1) is 10.2 Å². The Morgan fingerprint density at radius 2 is 2.29 bits per heavy atom. The van der Waals surface area contributed by atoms with Gasteiger partial charge >= 0.3 is 0 Å². The first-order valence-electron chi connectivity index (χ1n) is 6.35. The monoisotopic (exact) mass is 323 g/mol. The number of aromatic amines is 1. The number of fused-ring (bicyclic) bond motifs is 1. The molecule has 3 aromatic heterocycles. The molecule has 21 heavy (non-hydrogen) atoms. The number of aryl methyl sites for hydroxylation is 1. The number of nitrogens with one attached hydrogen (secondary N) is 1. The number of nitrogen functional groups attached to an aromatic ring is 1. The molecule has 3 N–H and O–H groups in total. The molecule has 0 aliphatic heterocycles. The number of nitrogens with zero attached hydrogens (tertiary/aromatic N) is 5. The van der Waals surface area contributed by atoms with Gasteiger partial charge in [0.05, 0.1) is 5.69 Å². The van der Waals surface area contributed by atoms with Gasteiger partial charge in [-0.3, -0.25) is 9.89 Å². The Labute approximate surface area is 127 Å². The lowest BCUT2D eigenvalue weighted by molar-refractivity contribution is 0.804. The number of thioether (sulfide) groups is 1. The third-order valence-electron chi connectivity index (χ3n) is 2.68. The first-order valence-corrected chi connectivity index (χ1v) is 8.15. The molecule has 0 aromatic carbocycles. The van der Waals surface area contributed by atoms with E-state index in [0.29, 0.717) is 22.4 Å². The maximum Gasteiger partial charge on any atom is 0.274 e. The van der Waals surface area contributed by atoms with E-state index >= 15 is 0 Å². The summed E-state index contributed by atoms with van der Waals surface area (Å²) in [7, 11) is 0. The van der Waals surface area contributed by atoms with Gasteiger partial charge in [-0.2, -0.15) is 9.50 Å². The highest BCUT2D eigenvalue weighted by molar-refractivity contribution is 8.00. The SMILES string of the molecule is CCCc1nc2nc(CSc3nnc(N)s3)cc(=O)n2[nH]1. The highest BCUT2D eigenvalue weighted by atomic mass is 32.2. The summed E-state index contributed by atoms with van der Waals surface area (Å²) >= 11 is 2.76. The fourth-order valence-electron chi connectivity index (χ4n) is 1.81. The van der Waals surface area contributed by atoms with Gasteiger partial charge in [0.1, 0.15) is 5.82 Å². The summed E-state index contributed by atoms with van der Waals surface area (Å²) in [6.45, 7) is 2.05. The molecule has 0 fully saturated rings. The van der Waals surface area contributed by atoms with E-state index in [9.17, 15) is 4.79 Å². The predicted molar refractivity (Wildman–Crippen MR) is 81.5 cm³/mol. The second-order valence-corrected chi connectivity index (χ2v) is 6.57. The summed E-state index contributed by atoms with van der Waals surface area (Å²) < 4.78 is 2.12. The minimum Gasteiger partial charge on any atom is -0.374 e. The van der Waals surface area contributed by atoms with Crippen LogP contribution in [-0.4, -0.2) is 29.8 Å². The Morgan fingerprint density at radius 3 is 3.00 bits per heavy atom. The molecule has 0 radical (unpaired) electrons. The van der Waals surface area contributed by atoms with Gasteiger partial charge < -0.3 is 5.73 Å². The van der Waals surface area contributed by atoms with Gasteiger partial charge in [-0.1, -0.05) is 30.0 Å². The molecular formula is C11H13N7OS2. The van der Waals surface area contributed by atoms with Crippen molar-refractivity contribution in [2.75, 3.05) is 5.73 Å². The number of H-pyrrole nitrogens is 1. The Balaban J connectivity index is 1.84. The van der Waals surface area contributed by atoms with Crippen molar-refractivity contribution < 1.29 is 0 Å². The zero-order valence-corrected chi connectivity index (χ0v) is 12.9. The van der Waals surface area contributed by atoms with E-state index < -0.39 is 0 Å². The first kappa shape index (κ1) is 14.0. The van der Waals surface area contributed by atoms with Crippen LogP contribution in [0.4, 0.5) is 5.13 Å². The van der Waals surface area contributed by atoms with E-state index in [4.69, 9.17) is 5.73 Å². The van der Waals surface area contributed by atoms with E-state index in [1.165, 1.54) is 33.7 Å². The summed E-state index contributed by atoms with van der Waals surface area (Å²) in [6, 6.07) is 1.50. The maximum absolute atomic E-state index is 12.0. The number of hydrogen-bond donors (Lipinski definition) is 2. The summed E-state index contributed by atoms with van der Waals surface area (Å²) in [5.74, 6) is 1.69. The van der Waals surface area contributed by atoms with Gasteiger partial charge in [0, 0.05) is 18.2 Å². The Bertz CT molecular complexity index is 821. The highest BCUT2D eigenvalue weighted by Gasteiger charge is 2.09. The van der Waals surface area contributed by atoms with Crippen molar-refractivity contribution >= 4 is 34.0 Å². The second-order valence-electron chi connectivity index (χ2n) is 4.34. The van der Waals surface area contributed by atoms with Crippen LogP contribution >= 0.6 is 23.1 Å². The number of rotatable bonds is 5. The molecule has 110 valence electrons. The Kier molecular flexibility index (Phi) is 3.88. The molecule has 0 unspecified atom stereocenters. The molecule has 0 saturated carbocycles. The average molecular weight is 323 g/mol. The van der Waals surface area contributed by atoms with E-state index in [2.05, 4.69) is 32.2 Å². The van der Waals surface area contributed by atoms with E-state index in [0.717, 1.165) is 23.0 Å². The molecule has 3 aromatic rings. The fourth-order valence-corrected chi connectivity index (χ4v) is 3.34. The summed E-state index contributed by atoms with van der Waals surface area (Å²) in [4.78, 5) is 20.7. The number of aromatic nitrogens is 6. The van der Waals surface area contributed by atoms with Crippen LogP contribution in [0.3, 0.4) is 0 Å². The quantitative estimate of drug-likeness (QED) is 0.675. The van der Waals surface area contributed by atoms with Crippen molar-refractivity contribution in [3.8, 4) is 0 Å². The lowest BCUT2D eigenvalue weighted by Crippen LogP contribution is -2.15. The minimum atomic E-state index is -0.165. The van der Waals surface area contributed by atoms with Crippen molar-refractivity contribution in [2.24, 2.45) is 0 Å². The zero-order valence-electron chi connectivity index (χ0n) is 11.2. The van der Waals surface area contributed by atoms with Crippen LogP contribution in [0.25, 0.3) is 5.78 Å². The number of anilines is 1. The van der Waals surface area contributed by atoms with Gasteiger partial charge in [-0.25, -0.2) is 4.98 Å². The fraction of sp³-hybridized carbons (Fsp3) is 0.364. The standard InChI is InChI=1S/C11H13N7OS2/c1-2-3-7-14-10-13-6(4-8(19)18(10)17-7)5-20-11-16-15-9(12)21-11/h4H,2-3,5H2,1H3,(H2,12,15)(H,13,14,17). The smallest absolute Gasteiger partial charge is 0.274 e. The number of hydrogen-bond acceptors (Lipinski definition) is 8. The van der Waals surface area contributed by atoms with Gasteiger partial charge in [0.15, 0.2) is 4.34 Å². The molecule has 0 spiro atoms. The van der Waals surface area contributed by atoms with Crippen LogP contribution in [0, 0.1) is 0 Å². The minimum absolute atomic E-state index is 0.165. The third-order valence-corrected chi connectivity index (χ3v) is 4.60. The normalized spacial score (nSPS) is 11.3. The van der Waals surface area contributed by atoms with Crippen LogP contribution in [0.5, 0.6) is 0 Å². The third kappa shape index (κ3) is 3.05. The summed E-state index contributed by atoms with van der Waals surface area (Å²) in [5, 5.41) is 11.0. The van der Waals surface area contributed by atoms with Crippen LogP contribution in [-0.2, 0) is 12.2 Å². The maximum atomic E-state index is 12.0. The average Bonchev–Trinajstić information content (AvgIpc) is 3.03. The van der Waals surface area contributed by atoms with Gasteiger partial charge in [-0.05, 0) is 6.42 Å². The molecule has 0 amide bonds. The van der Waals surface area contributed by atoms with Gasteiger partial charge in [0.2, 0.25) is 5.13 Å². The Hall–Kier alpha value is -1.94. The lowest BCUT2D eigenvalue weighted by Gasteiger charge is -1.97. The Morgan fingerprint density at radius 1 is 1.43 bits per heavy atom. The van der Waals surface area contributed by atoms with Crippen molar-refractivity contribution in [3.63, 3.8) is 0 Å². The topological polar surface area (TPSA) is 115 Å². The van der Waals surface area contributed by atoms with Crippen molar-refractivity contribution in [2.45, 2.75) is 29.9 Å². The largest absolute Gasteiger partial charge is 0.374 e. The van der Waals surface area contributed by atoms with Crippen LogP contribution in [0.15, 0.2) is 15.2 Å². The molecule has 0 aliphatic carbocycles. The van der Waals surface area contributed by atoms with Crippen LogP contribution < -0.4 is 11.3 Å². The molecule has 0 bridgehead atoms. The first-order chi connectivity index (χ1) is 10.2. The molecule has 0 atom stereocenters. The molecular weight excluding hydrogens is 310 g/mol. The van der Waals surface area contributed by atoms with Crippen molar-refractivity contribution in [1.82, 2.24) is 29.8 Å². The van der Waals surface area contributed by atoms with E-state index in [1.54, 1.807) is 0 Å². The summed E-state index contributed by atoms with van der Waals surface area (Å²) in [6.07, 6.45) is 1.74. The summed E-state index contributed by atoms with van der Waals surface area (Å²) in [5.41, 5.74) is 6.02. The molecule has 3 rings (SSSR count). The molecule has 0 saturated heterocycles. The van der Waals surface area contributed by atoms with Gasteiger partial charge in [0.25, 0.3) is 11.3 Å². The number of nitrogens with two attached hydrogens (primary N) is 1. The van der Waals surface area contributed by atoms with Crippen molar-refractivity contribution in [1.29, 1.82) is 0 Å². The van der Waals surface area contributed by atoms with E-state index in [-0.39, 0.29) is 5.56 Å².